The summed E-state index contributed by atoms with van der Waals surface area (Å²) in [4.78, 5) is 20.3. The normalized spacial score (nSPS) is 11.2. The number of nitrogens with two attached hydrogens (primary N) is 1. The fraction of sp³-hybridized carbons (Fsp3) is 0. The molecule has 0 saturated heterocycles. The summed E-state index contributed by atoms with van der Waals surface area (Å²) in [6.07, 6.45) is 5.27. The third kappa shape index (κ3) is 3.07. The lowest BCUT2D eigenvalue weighted by molar-refractivity contribution is 0.102. The zero-order valence-corrected chi connectivity index (χ0v) is 15.8. The van der Waals surface area contributed by atoms with Gasteiger partial charge in [-0.25, -0.2) is 4.98 Å². The molecule has 0 aliphatic rings. The average Bonchev–Trinajstić information content (AvgIpc) is 3.35. The Bertz CT molecular complexity index is 1370. The Labute approximate surface area is 169 Å². The molecule has 3 heterocycles. The molecule has 7 nitrogen and oxygen atoms in total. The second-order valence-electron chi connectivity index (χ2n) is 6.68. The number of rotatable bonds is 3. The number of nitrogen functional groups attached to an aromatic ring is 1. The van der Waals surface area contributed by atoms with Gasteiger partial charge >= 0.3 is 0 Å². The van der Waals surface area contributed by atoms with Crippen LogP contribution in [0.25, 0.3) is 32.9 Å². The highest BCUT2D eigenvalue weighted by molar-refractivity contribution is 6.30. The highest BCUT2D eigenvalue weighted by Gasteiger charge is 2.16. The van der Waals surface area contributed by atoms with E-state index in [0.717, 1.165) is 27.4 Å². The first-order valence-corrected chi connectivity index (χ1v) is 9.23. The van der Waals surface area contributed by atoms with Crippen molar-refractivity contribution in [2.45, 2.75) is 0 Å². The van der Waals surface area contributed by atoms with Gasteiger partial charge in [0.25, 0.3) is 5.91 Å². The first-order chi connectivity index (χ1) is 14.1. The molecule has 0 radical (unpaired) electrons. The first kappa shape index (κ1) is 17.3. The Kier molecular flexibility index (Phi) is 3.96. The van der Waals surface area contributed by atoms with Gasteiger partial charge in [0, 0.05) is 33.2 Å². The molecule has 2 aromatic carbocycles. The van der Waals surface area contributed by atoms with Gasteiger partial charge in [0.1, 0.15) is 5.82 Å². The number of benzene rings is 2. The van der Waals surface area contributed by atoms with E-state index in [1.807, 2.05) is 24.4 Å². The predicted molar refractivity (Wildman–Crippen MR) is 115 cm³/mol. The highest BCUT2D eigenvalue weighted by Crippen LogP contribution is 2.33. The van der Waals surface area contributed by atoms with E-state index in [4.69, 9.17) is 17.3 Å². The van der Waals surface area contributed by atoms with Gasteiger partial charge in [0.2, 0.25) is 0 Å². The molecule has 1 amide bonds. The number of anilines is 2. The summed E-state index contributed by atoms with van der Waals surface area (Å²) in [6, 6.07) is 12.6. The summed E-state index contributed by atoms with van der Waals surface area (Å²) in [5.74, 6) is 0.188. The number of carbonyl (C=O) groups excluding carboxylic acids is 1. The Morgan fingerprint density at radius 2 is 1.93 bits per heavy atom. The minimum atomic E-state index is -0.246. The van der Waals surface area contributed by atoms with Crippen LogP contribution < -0.4 is 11.1 Å². The van der Waals surface area contributed by atoms with Crippen LogP contribution in [0.2, 0.25) is 5.02 Å². The van der Waals surface area contributed by atoms with Crippen molar-refractivity contribution in [3.05, 3.63) is 71.6 Å². The maximum Gasteiger partial charge on any atom is 0.257 e. The molecular formula is C21H15ClN6O. The topological polar surface area (TPSA) is 112 Å². The lowest BCUT2D eigenvalue weighted by atomic mass is 10.00. The third-order valence-corrected chi connectivity index (χ3v) is 5.05. The van der Waals surface area contributed by atoms with Gasteiger partial charge in [0.05, 0.1) is 29.0 Å². The minimum Gasteiger partial charge on any atom is -0.384 e. The molecule has 5 N–H and O–H groups in total. The molecule has 0 spiro atoms. The Morgan fingerprint density at radius 1 is 1.10 bits per heavy atom. The van der Waals surface area contributed by atoms with E-state index in [2.05, 4.69) is 25.5 Å². The Hall–Kier alpha value is -3.84. The van der Waals surface area contributed by atoms with Crippen LogP contribution in [-0.2, 0) is 0 Å². The van der Waals surface area contributed by atoms with Crippen LogP contribution in [0, 0.1) is 0 Å². The number of halogens is 1. The lowest BCUT2D eigenvalue weighted by Gasteiger charge is -2.09. The van der Waals surface area contributed by atoms with E-state index in [0.29, 0.717) is 27.6 Å². The predicted octanol–water partition coefficient (Wildman–Crippen LogP) is 4.59. The van der Waals surface area contributed by atoms with Crippen molar-refractivity contribution < 1.29 is 4.79 Å². The quantitative estimate of drug-likeness (QED) is 0.353. The van der Waals surface area contributed by atoms with Gasteiger partial charge in [-0.2, -0.15) is 5.10 Å². The van der Waals surface area contributed by atoms with E-state index >= 15 is 0 Å². The monoisotopic (exact) mass is 402 g/mol. The lowest BCUT2D eigenvalue weighted by Crippen LogP contribution is -2.12. The Balaban J connectivity index is 1.62. The van der Waals surface area contributed by atoms with Crippen LogP contribution >= 0.6 is 11.6 Å². The van der Waals surface area contributed by atoms with Crippen LogP contribution in [-0.4, -0.2) is 26.1 Å². The van der Waals surface area contributed by atoms with Gasteiger partial charge in [-0.3, -0.25) is 9.89 Å². The second kappa shape index (κ2) is 6.65. The maximum absolute atomic E-state index is 13.0. The van der Waals surface area contributed by atoms with Crippen molar-refractivity contribution in [2.75, 3.05) is 11.1 Å². The summed E-state index contributed by atoms with van der Waals surface area (Å²) < 4.78 is 0. The van der Waals surface area contributed by atoms with E-state index in [-0.39, 0.29) is 5.91 Å². The van der Waals surface area contributed by atoms with Crippen molar-refractivity contribution >= 4 is 50.8 Å². The van der Waals surface area contributed by atoms with Gasteiger partial charge in [-0.15, -0.1) is 0 Å². The van der Waals surface area contributed by atoms with E-state index in [1.165, 1.54) is 0 Å². The molecule has 0 aliphatic heterocycles. The molecule has 29 heavy (non-hydrogen) atoms. The molecule has 3 aromatic heterocycles. The van der Waals surface area contributed by atoms with Gasteiger partial charge in [-0.05, 0) is 48.0 Å². The molecule has 0 atom stereocenters. The van der Waals surface area contributed by atoms with Crippen molar-refractivity contribution in [3.8, 4) is 11.1 Å². The maximum atomic E-state index is 13.0. The standard InChI is InChI=1S/C21H15ClN6O/c22-13-1-3-14(4-2-13)27-21(29)16-6-11(5-12-8-26-28-20(12)16)17-9-24-18-10-25-19(23)7-15(17)18/h1-10,24H,(H2,23,25)(H,26,28)(H,27,29). The largest absolute Gasteiger partial charge is 0.384 e. The second-order valence-corrected chi connectivity index (χ2v) is 7.11. The summed E-state index contributed by atoms with van der Waals surface area (Å²) >= 11 is 5.92. The number of amides is 1. The number of fused-ring (bicyclic) bond motifs is 2. The molecule has 5 rings (SSSR count). The number of hydrogen-bond acceptors (Lipinski definition) is 4. The van der Waals surface area contributed by atoms with Crippen LogP contribution in [0.1, 0.15) is 10.4 Å². The van der Waals surface area contributed by atoms with Gasteiger partial charge < -0.3 is 16.0 Å². The van der Waals surface area contributed by atoms with Gasteiger partial charge in [0.15, 0.2) is 0 Å². The smallest absolute Gasteiger partial charge is 0.257 e. The number of pyridine rings is 1. The molecule has 0 fully saturated rings. The van der Waals surface area contributed by atoms with E-state index in [9.17, 15) is 4.79 Å². The highest BCUT2D eigenvalue weighted by atomic mass is 35.5. The molecule has 5 aromatic rings. The SMILES string of the molecule is Nc1cc2c(-c3cc(C(=O)Nc4ccc(Cl)cc4)c4[nH]ncc4c3)c[nH]c2cn1. The summed E-state index contributed by atoms with van der Waals surface area (Å²) in [7, 11) is 0. The number of hydrogen-bond donors (Lipinski definition) is 4. The summed E-state index contributed by atoms with van der Waals surface area (Å²) in [5, 5.41) is 12.3. The first-order valence-electron chi connectivity index (χ1n) is 8.85. The molecular weight excluding hydrogens is 388 g/mol. The number of nitrogens with zero attached hydrogens (tertiary/aromatic N) is 2. The van der Waals surface area contributed by atoms with Crippen molar-refractivity contribution in [1.29, 1.82) is 0 Å². The fourth-order valence-corrected chi connectivity index (χ4v) is 3.53. The molecule has 0 saturated carbocycles. The van der Waals surface area contributed by atoms with E-state index in [1.54, 1.807) is 36.7 Å². The minimum absolute atomic E-state index is 0.246. The molecule has 142 valence electrons. The van der Waals surface area contributed by atoms with Crippen LogP contribution in [0.5, 0.6) is 0 Å². The van der Waals surface area contributed by atoms with E-state index < -0.39 is 0 Å². The van der Waals surface area contributed by atoms with Crippen LogP contribution in [0.4, 0.5) is 11.5 Å². The molecule has 0 aliphatic carbocycles. The third-order valence-electron chi connectivity index (χ3n) is 4.79. The van der Waals surface area contributed by atoms with Crippen LogP contribution in [0.3, 0.4) is 0 Å². The van der Waals surface area contributed by atoms with Crippen molar-refractivity contribution in [2.24, 2.45) is 0 Å². The average molecular weight is 403 g/mol. The molecule has 0 unspecified atom stereocenters. The molecule has 0 bridgehead atoms. The number of nitrogens with one attached hydrogen (secondary N) is 3. The Morgan fingerprint density at radius 3 is 2.76 bits per heavy atom. The number of H-pyrrole nitrogens is 2. The van der Waals surface area contributed by atoms with Gasteiger partial charge in [-0.1, -0.05) is 11.6 Å². The zero-order valence-electron chi connectivity index (χ0n) is 15.0. The van der Waals surface area contributed by atoms with Crippen LogP contribution in [0.15, 0.2) is 61.1 Å². The number of carbonyl (C=O) groups is 1. The fourth-order valence-electron chi connectivity index (χ4n) is 3.40. The molecule has 8 heteroatoms. The summed E-state index contributed by atoms with van der Waals surface area (Å²) in [6.45, 7) is 0. The number of aromatic nitrogens is 4. The summed E-state index contributed by atoms with van der Waals surface area (Å²) in [5.41, 5.74) is 10.3. The zero-order chi connectivity index (χ0) is 20.0. The van der Waals surface area contributed by atoms with Crippen molar-refractivity contribution in [1.82, 2.24) is 20.2 Å². The van der Waals surface area contributed by atoms with Crippen molar-refractivity contribution in [3.63, 3.8) is 0 Å². The number of aromatic amines is 2.